The first-order valence-corrected chi connectivity index (χ1v) is 5.67. The van der Waals surface area contributed by atoms with Crippen LogP contribution in [-0.2, 0) is 0 Å². The molecule has 0 radical (unpaired) electrons. The monoisotopic (exact) mass is 241 g/mol. The SMILES string of the molecule is O=Cc1ccccc1C1COc2cccnc2O1. The first-order chi connectivity index (χ1) is 8.88. The van der Waals surface area contributed by atoms with Crippen LogP contribution in [0.1, 0.15) is 22.0 Å². The number of aromatic nitrogens is 1. The van der Waals surface area contributed by atoms with Crippen LogP contribution in [0.2, 0.25) is 0 Å². The molecule has 1 aromatic carbocycles. The van der Waals surface area contributed by atoms with Gasteiger partial charge in [-0.15, -0.1) is 0 Å². The summed E-state index contributed by atoms with van der Waals surface area (Å²) in [7, 11) is 0. The van der Waals surface area contributed by atoms with Gasteiger partial charge < -0.3 is 9.47 Å². The van der Waals surface area contributed by atoms with Crippen LogP contribution in [0, 0.1) is 0 Å². The number of carbonyl (C=O) groups is 1. The summed E-state index contributed by atoms with van der Waals surface area (Å²) in [6.07, 6.45) is 2.18. The number of carbonyl (C=O) groups excluding carboxylic acids is 1. The van der Waals surface area contributed by atoms with Crippen molar-refractivity contribution < 1.29 is 14.3 Å². The number of rotatable bonds is 2. The van der Waals surface area contributed by atoms with Crippen LogP contribution in [0.4, 0.5) is 0 Å². The predicted octanol–water partition coefficient (Wildman–Crippen LogP) is 2.41. The van der Waals surface area contributed by atoms with Gasteiger partial charge >= 0.3 is 0 Å². The molecule has 0 bridgehead atoms. The molecular weight excluding hydrogens is 230 g/mol. The third-order valence-corrected chi connectivity index (χ3v) is 2.85. The van der Waals surface area contributed by atoms with Crippen molar-refractivity contribution in [3.05, 3.63) is 53.7 Å². The number of pyridine rings is 1. The van der Waals surface area contributed by atoms with Crippen molar-refractivity contribution in [1.82, 2.24) is 4.98 Å². The fourth-order valence-electron chi connectivity index (χ4n) is 1.97. The lowest BCUT2D eigenvalue weighted by atomic mass is 10.0. The lowest BCUT2D eigenvalue weighted by molar-refractivity contribution is 0.0839. The van der Waals surface area contributed by atoms with Crippen LogP contribution in [0.3, 0.4) is 0 Å². The predicted molar refractivity (Wildman–Crippen MR) is 64.9 cm³/mol. The fourth-order valence-corrected chi connectivity index (χ4v) is 1.97. The lowest BCUT2D eigenvalue weighted by Gasteiger charge is -2.26. The molecule has 1 aromatic heterocycles. The molecule has 4 nitrogen and oxygen atoms in total. The molecule has 2 heterocycles. The van der Waals surface area contributed by atoms with Crippen LogP contribution in [0.15, 0.2) is 42.6 Å². The molecule has 0 saturated heterocycles. The average molecular weight is 241 g/mol. The highest BCUT2D eigenvalue weighted by Crippen LogP contribution is 2.34. The van der Waals surface area contributed by atoms with E-state index in [-0.39, 0.29) is 6.10 Å². The summed E-state index contributed by atoms with van der Waals surface area (Å²) in [6.45, 7) is 0.379. The normalized spacial score (nSPS) is 17.2. The van der Waals surface area contributed by atoms with Crippen molar-refractivity contribution in [2.75, 3.05) is 6.61 Å². The fraction of sp³-hybridized carbons (Fsp3) is 0.143. The molecular formula is C14H11NO3. The third kappa shape index (κ3) is 1.82. The van der Waals surface area contributed by atoms with Crippen molar-refractivity contribution in [2.24, 2.45) is 0 Å². The number of hydrogen-bond donors (Lipinski definition) is 0. The number of nitrogens with zero attached hydrogens (tertiary/aromatic N) is 1. The maximum Gasteiger partial charge on any atom is 0.257 e. The van der Waals surface area contributed by atoms with E-state index in [1.165, 1.54) is 0 Å². The smallest absolute Gasteiger partial charge is 0.257 e. The maximum atomic E-state index is 11.0. The standard InChI is InChI=1S/C14H11NO3/c16-8-10-4-1-2-5-11(10)13-9-17-12-6-3-7-15-14(12)18-13/h1-8,13H,9H2. The third-order valence-electron chi connectivity index (χ3n) is 2.85. The first kappa shape index (κ1) is 10.8. The average Bonchev–Trinajstić information content (AvgIpc) is 2.46. The molecule has 0 spiro atoms. The minimum atomic E-state index is -0.297. The largest absolute Gasteiger partial charge is 0.484 e. The second-order valence-electron chi connectivity index (χ2n) is 3.97. The Balaban J connectivity index is 1.94. The molecule has 0 aliphatic carbocycles. The van der Waals surface area contributed by atoms with Crippen molar-refractivity contribution in [3.63, 3.8) is 0 Å². The van der Waals surface area contributed by atoms with Gasteiger partial charge in [-0.2, -0.15) is 0 Å². The van der Waals surface area contributed by atoms with Gasteiger partial charge in [0.2, 0.25) is 0 Å². The highest BCUT2D eigenvalue weighted by Gasteiger charge is 2.24. The van der Waals surface area contributed by atoms with E-state index in [1.807, 2.05) is 24.3 Å². The second kappa shape index (κ2) is 4.49. The van der Waals surface area contributed by atoms with Crippen molar-refractivity contribution in [2.45, 2.75) is 6.10 Å². The van der Waals surface area contributed by atoms with E-state index < -0.39 is 0 Å². The van der Waals surface area contributed by atoms with Gasteiger partial charge in [0, 0.05) is 17.3 Å². The molecule has 18 heavy (non-hydrogen) atoms. The molecule has 0 fully saturated rings. The minimum Gasteiger partial charge on any atom is -0.484 e. The molecule has 2 aromatic rings. The Morgan fingerprint density at radius 2 is 2.11 bits per heavy atom. The molecule has 0 saturated carbocycles. The van der Waals surface area contributed by atoms with E-state index in [0.29, 0.717) is 23.8 Å². The van der Waals surface area contributed by atoms with Crippen LogP contribution in [0.5, 0.6) is 11.6 Å². The summed E-state index contributed by atoms with van der Waals surface area (Å²) in [5.41, 5.74) is 1.44. The van der Waals surface area contributed by atoms with Crippen molar-refractivity contribution >= 4 is 6.29 Å². The Bertz CT molecular complexity index is 583. The van der Waals surface area contributed by atoms with Crippen LogP contribution >= 0.6 is 0 Å². The van der Waals surface area contributed by atoms with E-state index in [2.05, 4.69) is 4.98 Å². The first-order valence-electron chi connectivity index (χ1n) is 5.67. The van der Waals surface area contributed by atoms with Gasteiger partial charge in [0.05, 0.1) is 0 Å². The van der Waals surface area contributed by atoms with Crippen molar-refractivity contribution in [3.8, 4) is 11.6 Å². The summed E-state index contributed by atoms with van der Waals surface area (Å²) in [5.74, 6) is 1.10. The molecule has 1 atom stereocenters. The Hall–Kier alpha value is -2.36. The van der Waals surface area contributed by atoms with E-state index >= 15 is 0 Å². The van der Waals surface area contributed by atoms with Gasteiger partial charge in [-0.25, -0.2) is 4.98 Å². The molecule has 90 valence electrons. The Kier molecular flexibility index (Phi) is 2.68. The lowest BCUT2D eigenvalue weighted by Crippen LogP contribution is -2.23. The molecule has 0 N–H and O–H groups in total. The number of benzene rings is 1. The van der Waals surface area contributed by atoms with Gasteiger partial charge in [0.1, 0.15) is 12.9 Å². The highest BCUT2D eigenvalue weighted by atomic mass is 16.6. The van der Waals surface area contributed by atoms with E-state index in [9.17, 15) is 4.79 Å². The van der Waals surface area contributed by atoms with Gasteiger partial charge in [0.15, 0.2) is 11.9 Å². The summed E-state index contributed by atoms with van der Waals surface area (Å²) >= 11 is 0. The van der Waals surface area contributed by atoms with Crippen LogP contribution in [0.25, 0.3) is 0 Å². The van der Waals surface area contributed by atoms with Crippen molar-refractivity contribution in [1.29, 1.82) is 0 Å². The molecule has 1 aliphatic rings. The zero-order chi connectivity index (χ0) is 12.4. The minimum absolute atomic E-state index is 0.297. The van der Waals surface area contributed by atoms with Gasteiger partial charge in [0.25, 0.3) is 5.88 Å². The summed E-state index contributed by atoms with van der Waals surface area (Å²) in [5, 5.41) is 0. The Morgan fingerprint density at radius 1 is 1.22 bits per heavy atom. The van der Waals surface area contributed by atoms with E-state index in [1.54, 1.807) is 18.3 Å². The topological polar surface area (TPSA) is 48.4 Å². The quantitative estimate of drug-likeness (QED) is 0.757. The summed E-state index contributed by atoms with van der Waals surface area (Å²) < 4.78 is 11.4. The van der Waals surface area contributed by atoms with Crippen LogP contribution in [-0.4, -0.2) is 17.9 Å². The van der Waals surface area contributed by atoms with E-state index in [4.69, 9.17) is 9.47 Å². The molecule has 1 unspecified atom stereocenters. The molecule has 0 amide bonds. The second-order valence-corrected chi connectivity index (χ2v) is 3.97. The Morgan fingerprint density at radius 3 is 3.00 bits per heavy atom. The maximum absolute atomic E-state index is 11.0. The molecule has 1 aliphatic heterocycles. The van der Waals surface area contributed by atoms with Gasteiger partial charge in [-0.1, -0.05) is 24.3 Å². The molecule has 4 heteroatoms. The molecule has 3 rings (SSSR count). The van der Waals surface area contributed by atoms with Crippen LogP contribution < -0.4 is 9.47 Å². The zero-order valence-corrected chi connectivity index (χ0v) is 9.58. The number of fused-ring (bicyclic) bond motifs is 1. The number of hydrogen-bond acceptors (Lipinski definition) is 4. The summed E-state index contributed by atoms with van der Waals surface area (Å²) in [6, 6.07) is 10.9. The zero-order valence-electron chi connectivity index (χ0n) is 9.58. The number of ether oxygens (including phenoxy) is 2. The van der Waals surface area contributed by atoms with Gasteiger partial charge in [-0.05, 0) is 12.1 Å². The van der Waals surface area contributed by atoms with Gasteiger partial charge in [-0.3, -0.25) is 4.79 Å². The summed E-state index contributed by atoms with van der Waals surface area (Å²) in [4.78, 5) is 15.1. The van der Waals surface area contributed by atoms with E-state index in [0.717, 1.165) is 11.8 Å². The highest BCUT2D eigenvalue weighted by molar-refractivity contribution is 5.77. The number of aldehydes is 1. The Labute approximate surface area is 104 Å².